The number of thioether (sulfide) groups is 2. The van der Waals surface area contributed by atoms with E-state index in [1.165, 1.54) is 40.9 Å². The van der Waals surface area contributed by atoms with Crippen molar-refractivity contribution in [3.8, 4) is 0 Å². The molecule has 0 unspecified atom stereocenters. The Morgan fingerprint density at radius 3 is 2.55 bits per heavy atom. The number of amides is 2. The third-order valence-corrected chi connectivity index (χ3v) is 7.25. The summed E-state index contributed by atoms with van der Waals surface area (Å²) in [5.41, 5.74) is 0.655. The highest BCUT2D eigenvalue weighted by Crippen LogP contribution is 2.51. The number of rotatable bonds is 5. The number of likely N-dealkylation sites (tertiary alicyclic amines) is 1. The van der Waals surface area contributed by atoms with Crippen LogP contribution in [0.15, 0.2) is 34.2 Å². The molecule has 2 saturated heterocycles. The number of nitro benzene ring substituents is 1. The van der Waals surface area contributed by atoms with Gasteiger partial charge >= 0.3 is 5.97 Å². The van der Waals surface area contributed by atoms with Crippen LogP contribution in [0.1, 0.15) is 24.8 Å². The second kappa shape index (κ2) is 8.07. The fourth-order valence-electron chi connectivity index (χ4n) is 3.26. The van der Waals surface area contributed by atoms with E-state index in [-0.39, 0.29) is 34.5 Å². The summed E-state index contributed by atoms with van der Waals surface area (Å²) in [6, 6.07) is 5.68. The molecule has 0 bridgehead atoms. The first-order valence-corrected chi connectivity index (χ1v) is 10.7. The van der Waals surface area contributed by atoms with E-state index >= 15 is 0 Å². The molecule has 1 atom stereocenters. The minimum absolute atomic E-state index is 0.0527. The molecule has 4 rings (SSSR count). The van der Waals surface area contributed by atoms with Crippen LogP contribution in [0.25, 0.3) is 0 Å². The lowest BCUT2D eigenvalue weighted by Gasteiger charge is -2.34. The van der Waals surface area contributed by atoms with E-state index in [0.717, 1.165) is 24.6 Å². The van der Waals surface area contributed by atoms with Crippen LogP contribution in [-0.4, -0.2) is 50.3 Å². The van der Waals surface area contributed by atoms with Gasteiger partial charge in [0.05, 0.1) is 21.0 Å². The number of β-lactam (4-membered cyclic amide) rings is 1. The normalized spacial score (nSPS) is 20.6. The number of esters is 1. The van der Waals surface area contributed by atoms with Crippen LogP contribution in [0.4, 0.5) is 10.5 Å². The molecular formula is C18H17N3O6S2. The zero-order valence-electron chi connectivity index (χ0n) is 15.2. The summed E-state index contributed by atoms with van der Waals surface area (Å²) in [4.78, 5) is 50.5. The van der Waals surface area contributed by atoms with Crippen molar-refractivity contribution in [2.24, 2.45) is 0 Å². The van der Waals surface area contributed by atoms with Crippen molar-refractivity contribution < 1.29 is 24.0 Å². The van der Waals surface area contributed by atoms with Crippen LogP contribution >= 0.6 is 23.5 Å². The lowest BCUT2D eigenvalue weighted by Crippen LogP contribution is -2.48. The Morgan fingerprint density at radius 1 is 1.24 bits per heavy atom. The molecule has 3 heterocycles. The Morgan fingerprint density at radius 2 is 1.93 bits per heavy atom. The number of benzene rings is 1. The molecule has 0 spiro atoms. The van der Waals surface area contributed by atoms with Gasteiger partial charge in [0.1, 0.15) is 6.61 Å². The molecule has 152 valence electrons. The van der Waals surface area contributed by atoms with Crippen molar-refractivity contribution in [2.45, 2.75) is 31.2 Å². The first-order chi connectivity index (χ1) is 13.9. The quantitative estimate of drug-likeness (QED) is 0.300. The van der Waals surface area contributed by atoms with Crippen molar-refractivity contribution >= 4 is 46.3 Å². The van der Waals surface area contributed by atoms with Gasteiger partial charge in [-0.1, -0.05) is 11.8 Å². The number of ether oxygens (including phenoxy) is 1. The van der Waals surface area contributed by atoms with Gasteiger partial charge in [0.15, 0.2) is 5.70 Å². The fourth-order valence-corrected chi connectivity index (χ4v) is 5.84. The Balaban J connectivity index is 1.46. The number of hydrogen-bond acceptors (Lipinski definition) is 8. The molecular weight excluding hydrogens is 418 g/mol. The van der Waals surface area contributed by atoms with Crippen molar-refractivity contribution in [3.63, 3.8) is 0 Å². The molecule has 3 aliphatic rings. The Bertz CT molecular complexity index is 911. The van der Waals surface area contributed by atoms with Gasteiger partial charge in [-0.2, -0.15) is 0 Å². The molecule has 1 aromatic rings. The topological polar surface area (TPSA) is 110 Å². The maximum Gasteiger partial charge on any atom is 0.357 e. The molecule has 0 N–H and O–H groups in total. The van der Waals surface area contributed by atoms with Crippen LogP contribution in [-0.2, 0) is 20.9 Å². The lowest BCUT2D eigenvalue weighted by atomic mass is 10.2. The number of hydrogen-bond donors (Lipinski definition) is 0. The molecule has 2 fully saturated rings. The monoisotopic (exact) mass is 435 g/mol. The molecule has 9 nitrogen and oxygen atoms in total. The van der Waals surface area contributed by atoms with E-state index in [4.69, 9.17) is 4.74 Å². The van der Waals surface area contributed by atoms with Gasteiger partial charge in [-0.05, 0) is 42.3 Å². The Hall–Kier alpha value is -2.53. The van der Waals surface area contributed by atoms with Crippen molar-refractivity contribution in [1.82, 2.24) is 9.80 Å². The standard InChI is InChI=1S/C18H17N3O6S2/c22-13-9-14-20(13)15(17(28-14)29-18(24)19-7-1-2-8-19)16(23)27-10-11-3-5-12(6-4-11)21(25)26/h3-6,14H,1-2,7-10H2/t14-/m1/s1. The predicted molar refractivity (Wildman–Crippen MR) is 107 cm³/mol. The van der Waals surface area contributed by atoms with E-state index in [0.29, 0.717) is 29.3 Å². The maximum absolute atomic E-state index is 12.7. The smallest absolute Gasteiger partial charge is 0.357 e. The highest BCUT2D eigenvalue weighted by atomic mass is 32.2. The summed E-state index contributed by atoms with van der Waals surface area (Å²) in [5, 5.41) is 10.4. The number of non-ortho nitro benzene ring substituents is 1. The molecule has 3 aliphatic heterocycles. The second-order valence-electron chi connectivity index (χ2n) is 6.74. The van der Waals surface area contributed by atoms with Gasteiger partial charge in [-0.3, -0.25) is 24.6 Å². The van der Waals surface area contributed by atoms with Gasteiger partial charge in [0.2, 0.25) is 5.91 Å². The summed E-state index contributed by atoms with van der Waals surface area (Å²) >= 11 is 2.32. The number of carbonyl (C=O) groups excluding carboxylic acids is 3. The molecule has 0 aliphatic carbocycles. The van der Waals surface area contributed by atoms with Crippen molar-refractivity contribution in [1.29, 1.82) is 0 Å². The molecule has 29 heavy (non-hydrogen) atoms. The molecule has 0 radical (unpaired) electrons. The molecule has 2 amide bonds. The molecule has 0 saturated carbocycles. The first-order valence-electron chi connectivity index (χ1n) is 9.04. The van der Waals surface area contributed by atoms with E-state index in [2.05, 4.69) is 0 Å². The minimum Gasteiger partial charge on any atom is -0.456 e. The van der Waals surface area contributed by atoms with Gasteiger partial charge in [-0.15, -0.1) is 0 Å². The van der Waals surface area contributed by atoms with Crippen molar-refractivity contribution in [3.05, 3.63) is 49.9 Å². The van der Waals surface area contributed by atoms with Gasteiger partial charge in [0, 0.05) is 25.2 Å². The summed E-state index contributed by atoms with van der Waals surface area (Å²) in [6.45, 7) is 1.32. The SMILES string of the molecule is O=C(OCc1ccc([N+](=O)[O-])cc1)C1=C(SC(=O)N2CCCC2)S[C@@H]2CC(=O)N12. The molecule has 0 aromatic heterocycles. The van der Waals surface area contributed by atoms with Crippen LogP contribution in [0.5, 0.6) is 0 Å². The largest absolute Gasteiger partial charge is 0.456 e. The van der Waals surface area contributed by atoms with E-state index in [9.17, 15) is 24.5 Å². The zero-order chi connectivity index (χ0) is 20.5. The lowest BCUT2D eigenvalue weighted by molar-refractivity contribution is -0.384. The highest BCUT2D eigenvalue weighted by Gasteiger charge is 2.49. The van der Waals surface area contributed by atoms with Crippen LogP contribution < -0.4 is 0 Å². The zero-order valence-corrected chi connectivity index (χ0v) is 16.9. The predicted octanol–water partition coefficient (Wildman–Crippen LogP) is 3.06. The summed E-state index contributed by atoms with van der Waals surface area (Å²) < 4.78 is 5.83. The average molecular weight is 435 g/mol. The fraction of sp³-hybridized carbons (Fsp3) is 0.389. The van der Waals surface area contributed by atoms with Crippen molar-refractivity contribution in [2.75, 3.05) is 13.1 Å². The number of nitro groups is 1. The number of nitrogens with zero attached hydrogens (tertiary/aromatic N) is 3. The van der Waals surface area contributed by atoms with Crippen LogP contribution in [0.3, 0.4) is 0 Å². The van der Waals surface area contributed by atoms with E-state index in [1.54, 1.807) is 4.90 Å². The van der Waals surface area contributed by atoms with Crippen LogP contribution in [0, 0.1) is 10.1 Å². The summed E-state index contributed by atoms with van der Waals surface area (Å²) in [6.07, 6.45) is 2.26. The molecule has 11 heteroatoms. The van der Waals surface area contributed by atoms with E-state index < -0.39 is 10.9 Å². The Kier molecular flexibility index (Phi) is 5.50. The second-order valence-corrected chi connectivity index (χ2v) is 9.15. The highest BCUT2D eigenvalue weighted by molar-refractivity contribution is 8.29. The van der Waals surface area contributed by atoms with Gasteiger partial charge < -0.3 is 9.64 Å². The molecule has 1 aromatic carbocycles. The third-order valence-electron chi connectivity index (χ3n) is 4.84. The Labute approximate surface area is 174 Å². The van der Waals surface area contributed by atoms with Gasteiger partial charge in [0.25, 0.3) is 10.9 Å². The summed E-state index contributed by atoms with van der Waals surface area (Å²) in [5.74, 6) is -0.850. The average Bonchev–Trinajstić information content (AvgIpc) is 3.33. The van der Waals surface area contributed by atoms with Gasteiger partial charge in [-0.25, -0.2) is 4.79 Å². The van der Waals surface area contributed by atoms with E-state index in [1.807, 2.05) is 0 Å². The third kappa shape index (κ3) is 3.97. The summed E-state index contributed by atoms with van der Waals surface area (Å²) in [7, 11) is 0. The maximum atomic E-state index is 12.7. The number of fused-ring (bicyclic) bond motifs is 1. The minimum atomic E-state index is -0.678. The van der Waals surface area contributed by atoms with Crippen LogP contribution in [0.2, 0.25) is 0 Å². The first kappa shape index (κ1) is 19.8. The number of carbonyl (C=O) groups is 3.